The van der Waals surface area contributed by atoms with Crippen LogP contribution in [0.3, 0.4) is 0 Å². The lowest BCUT2D eigenvalue weighted by Gasteiger charge is -2.42. The molecule has 0 amide bonds. The molecule has 2 aromatic rings. The molecule has 2 aromatic carbocycles. The van der Waals surface area contributed by atoms with Gasteiger partial charge < -0.3 is 89.0 Å². The monoisotopic (exact) mass is 714 g/mol. The summed E-state index contributed by atoms with van der Waals surface area (Å²) in [7, 11) is 2.68. The van der Waals surface area contributed by atoms with Gasteiger partial charge in [0.25, 0.3) is 0 Å². The Morgan fingerprint density at radius 3 is 1.74 bits per heavy atom. The van der Waals surface area contributed by atoms with Crippen LogP contribution in [0.1, 0.15) is 23.3 Å². The van der Waals surface area contributed by atoms with Crippen molar-refractivity contribution in [1.82, 2.24) is 0 Å². The van der Waals surface area contributed by atoms with Gasteiger partial charge >= 0.3 is 0 Å². The number of hydrogen-bond donors (Lipinski definition) is 10. The maximum atomic E-state index is 11.1. The summed E-state index contributed by atoms with van der Waals surface area (Å²) in [6.45, 7) is -0.710. The number of phenolic OH excluding ortho intramolecular Hbond substituents is 3. The molecule has 6 rings (SSSR count). The normalized spacial score (nSPS) is 38.5. The summed E-state index contributed by atoms with van der Waals surface area (Å²) >= 11 is 0. The SMILES string of the molecule is COc1cc([C@H]2OC[C@H]3[C@@H]2CO[C@H]3c2cc(O)c(O[C@@H]3O[C@H](CO[C@@H]4O[C@H](CO)[C@@H](O)[C@H](O)[C@H]4O)[C@@H](O)[C@H](O)[C@H]3O)c(OC)c2)cc(O)c1O. The lowest BCUT2D eigenvalue weighted by atomic mass is 9.84. The zero-order chi connectivity index (χ0) is 36.0. The van der Waals surface area contributed by atoms with E-state index in [-0.39, 0.29) is 53.8 Å². The first-order valence-electron chi connectivity index (χ1n) is 15.9. The second-order valence-electron chi connectivity index (χ2n) is 12.7. The Balaban J connectivity index is 1.15. The Bertz CT molecular complexity index is 1490. The molecule has 4 aliphatic rings. The predicted molar refractivity (Wildman–Crippen MR) is 162 cm³/mol. The molecule has 4 fully saturated rings. The van der Waals surface area contributed by atoms with E-state index in [0.29, 0.717) is 11.1 Å². The first-order chi connectivity index (χ1) is 23.9. The standard InChI is InChI=1S/C32H42O18/c1-43-17-5-11(3-15(34)21(17)36)28-13-8-46-29(14(13)9-45-28)12-4-16(35)30(18(6-12)44-2)50-32-27(42)25(40)23(38)20(49-32)10-47-31-26(41)24(39)22(37)19(7-33)48-31/h3-6,13-14,19-20,22-29,31-42H,7-10H2,1-2H3/t13-,14-,19+,20+,22+,23+,24-,25-,26+,27+,28+,29-,31+,32-/m0/s1. The van der Waals surface area contributed by atoms with Crippen LogP contribution >= 0.6 is 0 Å². The number of methoxy groups -OCH3 is 2. The topological polar surface area (TPSA) is 276 Å². The molecule has 0 unspecified atom stereocenters. The van der Waals surface area contributed by atoms with E-state index < -0.39 is 92.6 Å². The van der Waals surface area contributed by atoms with Gasteiger partial charge in [0.05, 0.1) is 52.9 Å². The van der Waals surface area contributed by atoms with Gasteiger partial charge in [0.2, 0.25) is 17.8 Å². The van der Waals surface area contributed by atoms with E-state index in [2.05, 4.69) is 0 Å². The number of phenols is 3. The largest absolute Gasteiger partial charge is 0.504 e. The highest BCUT2D eigenvalue weighted by molar-refractivity contribution is 5.54. The molecule has 14 atom stereocenters. The van der Waals surface area contributed by atoms with Crippen LogP contribution in [-0.2, 0) is 23.7 Å². The fourth-order valence-electron chi connectivity index (χ4n) is 6.87. The summed E-state index contributed by atoms with van der Waals surface area (Å²) in [6, 6.07) is 5.93. The smallest absolute Gasteiger partial charge is 0.229 e. The van der Waals surface area contributed by atoms with E-state index in [1.165, 1.54) is 26.4 Å². The Labute approximate surface area is 285 Å². The van der Waals surface area contributed by atoms with Gasteiger partial charge in [-0.15, -0.1) is 0 Å². The summed E-state index contributed by atoms with van der Waals surface area (Å²) in [5, 5.41) is 103. The zero-order valence-electron chi connectivity index (χ0n) is 27.0. The number of aliphatic hydroxyl groups excluding tert-OH is 7. The van der Waals surface area contributed by atoms with Crippen molar-refractivity contribution in [2.24, 2.45) is 11.8 Å². The molecule has 0 radical (unpaired) electrons. The minimum absolute atomic E-state index is 0.0150. The van der Waals surface area contributed by atoms with Crippen LogP contribution in [0.2, 0.25) is 0 Å². The fraction of sp³-hybridized carbons (Fsp3) is 0.625. The van der Waals surface area contributed by atoms with E-state index in [9.17, 15) is 51.1 Å². The molecule has 0 aromatic heterocycles. The van der Waals surface area contributed by atoms with Crippen LogP contribution in [-0.4, -0.2) is 153 Å². The van der Waals surface area contributed by atoms with Gasteiger partial charge in [-0.05, 0) is 35.4 Å². The molecular formula is C32H42O18. The number of ether oxygens (including phenoxy) is 8. The molecule has 4 aliphatic heterocycles. The summed E-state index contributed by atoms with van der Waals surface area (Å²) in [4.78, 5) is 0. The molecule has 0 saturated carbocycles. The first-order valence-corrected chi connectivity index (χ1v) is 15.9. The Hall–Kier alpha value is -3.24. The van der Waals surface area contributed by atoms with E-state index in [0.717, 1.165) is 0 Å². The van der Waals surface area contributed by atoms with E-state index in [4.69, 9.17) is 37.9 Å². The number of benzene rings is 2. The Kier molecular flexibility index (Phi) is 10.8. The number of rotatable bonds is 10. The molecule has 0 bridgehead atoms. The third-order valence-electron chi connectivity index (χ3n) is 9.67. The number of hydrogen-bond acceptors (Lipinski definition) is 18. The van der Waals surface area contributed by atoms with Crippen molar-refractivity contribution in [3.8, 4) is 34.5 Å². The molecule has 18 nitrogen and oxygen atoms in total. The first kappa shape index (κ1) is 36.5. The second-order valence-corrected chi connectivity index (χ2v) is 12.7. The van der Waals surface area contributed by atoms with Crippen molar-refractivity contribution in [3.63, 3.8) is 0 Å². The minimum atomic E-state index is -1.82. The molecular weight excluding hydrogens is 672 g/mol. The Morgan fingerprint density at radius 2 is 1.16 bits per heavy atom. The molecule has 18 heteroatoms. The van der Waals surface area contributed by atoms with Crippen LogP contribution in [0.4, 0.5) is 0 Å². The average molecular weight is 715 g/mol. The van der Waals surface area contributed by atoms with Gasteiger partial charge in [-0.1, -0.05) is 0 Å². The number of aromatic hydroxyl groups is 3. The average Bonchev–Trinajstić information content (AvgIpc) is 3.72. The van der Waals surface area contributed by atoms with Crippen molar-refractivity contribution >= 4 is 0 Å². The third kappa shape index (κ3) is 6.62. The summed E-state index contributed by atoms with van der Waals surface area (Å²) in [5.41, 5.74) is 1.11. The zero-order valence-corrected chi connectivity index (χ0v) is 27.0. The van der Waals surface area contributed by atoms with Crippen LogP contribution in [0, 0.1) is 11.8 Å². The van der Waals surface area contributed by atoms with Crippen LogP contribution in [0.25, 0.3) is 0 Å². The Morgan fingerprint density at radius 1 is 0.640 bits per heavy atom. The second kappa shape index (κ2) is 14.8. The molecule has 10 N–H and O–H groups in total. The molecule has 4 saturated heterocycles. The summed E-state index contributed by atoms with van der Waals surface area (Å²) < 4.78 is 45.1. The highest BCUT2D eigenvalue weighted by atomic mass is 16.7. The highest BCUT2D eigenvalue weighted by Crippen LogP contribution is 2.53. The molecule has 0 spiro atoms. The van der Waals surface area contributed by atoms with Gasteiger partial charge in [-0.3, -0.25) is 0 Å². The summed E-state index contributed by atoms with van der Waals surface area (Å²) in [6.07, 6.45) is -17.3. The quantitative estimate of drug-likeness (QED) is 0.118. The van der Waals surface area contributed by atoms with Crippen molar-refractivity contribution in [2.75, 3.05) is 40.6 Å². The predicted octanol–water partition coefficient (Wildman–Crippen LogP) is -2.10. The van der Waals surface area contributed by atoms with Crippen LogP contribution < -0.4 is 14.2 Å². The van der Waals surface area contributed by atoms with Crippen LogP contribution in [0.15, 0.2) is 24.3 Å². The lowest BCUT2D eigenvalue weighted by molar-refractivity contribution is -0.323. The van der Waals surface area contributed by atoms with Crippen molar-refractivity contribution < 1.29 is 89.0 Å². The molecule has 50 heavy (non-hydrogen) atoms. The van der Waals surface area contributed by atoms with Gasteiger partial charge in [0, 0.05) is 11.8 Å². The van der Waals surface area contributed by atoms with Crippen molar-refractivity contribution in [2.45, 2.75) is 73.6 Å². The number of aliphatic hydroxyl groups is 7. The fourth-order valence-corrected chi connectivity index (χ4v) is 6.87. The van der Waals surface area contributed by atoms with Crippen LogP contribution in [0.5, 0.6) is 34.5 Å². The maximum absolute atomic E-state index is 11.1. The van der Waals surface area contributed by atoms with Crippen molar-refractivity contribution in [3.05, 3.63) is 35.4 Å². The maximum Gasteiger partial charge on any atom is 0.229 e. The third-order valence-corrected chi connectivity index (χ3v) is 9.67. The van der Waals surface area contributed by atoms with Gasteiger partial charge in [0.1, 0.15) is 48.8 Å². The minimum Gasteiger partial charge on any atom is -0.504 e. The van der Waals surface area contributed by atoms with E-state index in [1.807, 2.05) is 0 Å². The van der Waals surface area contributed by atoms with Gasteiger partial charge in [-0.2, -0.15) is 0 Å². The van der Waals surface area contributed by atoms with E-state index in [1.54, 1.807) is 12.1 Å². The summed E-state index contributed by atoms with van der Waals surface area (Å²) in [5.74, 6) is -1.66. The molecule has 0 aliphatic carbocycles. The number of fused-ring (bicyclic) bond motifs is 1. The van der Waals surface area contributed by atoms with E-state index >= 15 is 0 Å². The molecule has 4 heterocycles. The lowest BCUT2D eigenvalue weighted by Crippen LogP contribution is -2.62. The van der Waals surface area contributed by atoms with Gasteiger partial charge in [-0.25, -0.2) is 0 Å². The van der Waals surface area contributed by atoms with Crippen molar-refractivity contribution in [1.29, 1.82) is 0 Å². The highest BCUT2D eigenvalue weighted by Gasteiger charge is 2.50. The van der Waals surface area contributed by atoms with Gasteiger partial charge in [0.15, 0.2) is 29.3 Å². The molecule has 278 valence electrons.